The molecule has 0 aliphatic carbocycles. The highest BCUT2D eigenvalue weighted by atomic mass is 16.5. The molecule has 4 heteroatoms. The lowest BCUT2D eigenvalue weighted by Crippen LogP contribution is -1.98. The zero-order valence-corrected chi connectivity index (χ0v) is 10.8. The minimum atomic E-state index is 0.413. The Morgan fingerprint density at radius 1 is 1.11 bits per heavy atom. The van der Waals surface area contributed by atoms with Gasteiger partial charge in [-0.15, -0.1) is 0 Å². The Bertz CT molecular complexity index is 515. The van der Waals surface area contributed by atoms with E-state index in [4.69, 9.17) is 10.5 Å². The highest BCUT2D eigenvalue weighted by molar-refractivity contribution is 5.36. The molecule has 0 fully saturated rings. The first kappa shape index (κ1) is 12.4. The van der Waals surface area contributed by atoms with E-state index < -0.39 is 0 Å². The van der Waals surface area contributed by atoms with Crippen molar-refractivity contribution in [3.05, 3.63) is 41.7 Å². The van der Waals surface area contributed by atoms with Gasteiger partial charge in [0.2, 0.25) is 5.88 Å². The molecule has 2 N–H and O–H groups in total. The summed E-state index contributed by atoms with van der Waals surface area (Å²) in [4.78, 5) is 8.17. The number of hydrogen-bond donors (Lipinski definition) is 1. The summed E-state index contributed by atoms with van der Waals surface area (Å²) in [7, 11) is 0. The maximum atomic E-state index is 5.65. The number of ether oxygens (including phenoxy) is 1. The Balaban J connectivity index is 2.18. The monoisotopic (exact) mass is 243 g/mol. The zero-order chi connectivity index (χ0) is 13.1. The van der Waals surface area contributed by atoms with Crippen LogP contribution in [-0.4, -0.2) is 9.97 Å². The molecule has 2 aromatic rings. The van der Waals surface area contributed by atoms with Crippen LogP contribution >= 0.6 is 0 Å². The van der Waals surface area contributed by atoms with Gasteiger partial charge < -0.3 is 10.5 Å². The van der Waals surface area contributed by atoms with Gasteiger partial charge in [0.05, 0.1) is 0 Å². The van der Waals surface area contributed by atoms with Crippen LogP contribution < -0.4 is 10.5 Å². The molecule has 4 nitrogen and oxygen atoms in total. The lowest BCUT2D eigenvalue weighted by Gasteiger charge is -2.08. The molecule has 0 aliphatic heterocycles. The number of benzene rings is 1. The minimum Gasteiger partial charge on any atom is -0.439 e. The Labute approximate surface area is 107 Å². The van der Waals surface area contributed by atoms with Crippen molar-refractivity contribution >= 4 is 5.82 Å². The number of nitrogen functional groups attached to an aromatic ring is 1. The van der Waals surface area contributed by atoms with Gasteiger partial charge in [-0.1, -0.05) is 26.0 Å². The Morgan fingerprint density at radius 2 is 1.78 bits per heavy atom. The summed E-state index contributed by atoms with van der Waals surface area (Å²) in [5, 5.41) is 0. The van der Waals surface area contributed by atoms with Crippen molar-refractivity contribution in [1.29, 1.82) is 0 Å². The van der Waals surface area contributed by atoms with Gasteiger partial charge in [0.1, 0.15) is 17.4 Å². The molecule has 1 aromatic carbocycles. The van der Waals surface area contributed by atoms with Crippen LogP contribution in [0.15, 0.2) is 30.3 Å². The third-order valence-corrected chi connectivity index (χ3v) is 2.60. The van der Waals surface area contributed by atoms with E-state index in [0.717, 1.165) is 5.75 Å². The largest absolute Gasteiger partial charge is 0.439 e. The summed E-state index contributed by atoms with van der Waals surface area (Å²) in [5.41, 5.74) is 6.92. The molecule has 94 valence electrons. The molecule has 0 saturated heterocycles. The lowest BCUT2D eigenvalue weighted by molar-refractivity contribution is 0.460. The highest BCUT2D eigenvalue weighted by Gasteiger charge is 2.03. The number of hydrogen-bond acceptors (Lipinski definition) is 4. The van der Waals surface area contributed by atoms with Gasteiger partial charge >= 0.3 is 0 Å². The smallest absolute Gasteiger partial charge is 0.224 e. The second-order valence-corrected chi connectivity index (χ2v) is 4.50. The molecule has 0 saturated carbocycles. The first-order valence-electron chi connectivity index (χ1n) is 5.93. The van der Waals surface area contributed by atoms with Gasteiger partial charge in [-0.3, -0.25) is 0 Å². The van der Waals surface area contributed by atoms with Crippen LogP contribution in [0.3, 0.4) is 0 Å². The van der Waals surface area contributed by atoms with Crippen molar-refractivity contribution in [2.24, 2.45) is 0 Å². The van der Waals surface area contributed by atoms with E-state index >= 15 is 0 Å². The van der Waals surface area contributed by atoms with Crippen molar-refractivity contribution in [3.8, 4) is 11.6 Å². The molecular weight excluding hydrogens is 226 g/mol. The maximum absolute atomic E-state index is 5.65. The van der Waals surface area contributed by atoms with E-state index in [9.17, 15) is 0 Å². The summed E-state index contributed by atoms with van der Waals surface area (Å²) < 4.78 is 5.64. The number of aryl methyl sites for hydroxylation is 1. The van der Waals surface area contributed by atoms with Gasteiger partial charge in [0, 0.05) is 6.07 Å². The second kappa shape index (κ2) is 5.04. The van der Waals surface area contributed by atoms with Crippen LogP contribution in [0.2, 0.25) is 0 Å². The summed E-state index contributed by atoms with van der Waals surface area (Å²) >= 11 is 0. The SMILES string of the molecule is Cc1nc(N)cc(Oc2ccc(C(C)C)cc2)n1. The Kier molecular flexibility index (Phi) is 3.46. The topological polar surface area (TPSA) is 61.0 Å². The molecule has 0 unspecified atom stereocenters. The van der Waals surface area contributed by atoms with Crippen LogP contribution in [0.5, 0.6) is 11.6 Å². The van der Waals surface area contributed by atoms with Crippen molar-refractivity contribution in [2.75, 3.05) is 5.73 Å². The molecule has 2 rings (SSSR count). The summed E-state index contributed by atoms with van der Waals surface area (Å²) in [6, 6.07) is 9.59. The standard InChI is InChI=1S/C14H17N3O/c1-9(2)11-4-6-12(7-5-11)18-14-8-13(15)16-10(3)17-14/h4-9H,1-3H3,(H2,15,16,17). The van der Waals surface area contributed by atoms with E-state index in [2.05, 4.69) is 35.9 Å². The van der Waals surface area contributed by atoms with E-state index in [1.807, 2.05) is 12.1 Å². The van der Waals surface area contributed by atoms with Gasteiger partial charge in [-0.05, 0) is 30.5 Å². The minimum absolute atomic E-state index is 0.413. The zero-order valence-electron chi connectivity index (χ0n) is 10.8. The highest BCUT2D eigenvalue weighted by Crippen LogP contribution is 2.23. The summed E-state index contributed by atoms with van der Waals surface area (Å²) in [5.74, 6) is 2.74. The number of rotatable bonds is 3. The average Bonchev–Trinajstić information content (AvgIpc) is 2.28. The van der Waals surface area contributed by atoms with Crippen LogP contribution in [0.4, 0.5) is 5.82 Å². The maximum Gasteiger partial charge on any atom is 0.224 e. The fraction of sp³-hybridized carbons (Fsp3) is 0.286. The van der Waals surface area contributed by atoms with Gasteiger partial charge in [-0.25, -0.2) is 4.98 Å². The molecule has 0 atom stereocenters. The van der Waals surface area contributed by atoms with E-state index in [1.54, 1.807) is 13.0 Å². The van der Waals surface area contributed by atoms with E-state index in [1.165, 1.54) is 5.56 Å². The fourth-order valence-electron chi connectivity index (χ4n) is 1.66. The van der Waals surface area contributed by atoms with E-state index in [-0.39, 0.29) is 0 Å². The Morgan fingerprint density at radius 3 is 2.33 bits per heavy atom. The predicted octanol–water partition coefficient (Wildman–Crippen LogP) is 3.28. The molecule has 0 amide bonds. The van der Waals surface area contributed by atoms with E-state index in [0.29, 0.717) is 23.4 Å². The normalized spacial score (nSPS) is 10.7. The van der Waals surface area contributed by atoms with Crippen LogP contribution in [0.25, 0.3) is 0 Å². The average molecular weight is 243 g/mol. The van der Waals surface area contributed by atoms with Crippen molar-refractivity contribution in [2.45, 2.75) is 26.7 Å². The number of anilines is 1. The van der Waals surface area contributed by atoms with Crippen molar-refractivity contribution in [3.63, 3.8) is 0 Å². The van der Waals surface area contributed by atoms with Crippen LogP contribution in [0.1, 0.15) is 31.2 Å². The van der Waals surface area contributed by atoms with Gasteiger partial charge in [0.25, 0.3) is 0 Å². The Hall–Kier alpha value is -2.10. The number of nitrogens with zero attached hydrogens (tertiary/aromatic N) is 2. The van der Waals surface area contributed by atoms with Crippen LogP contribution in [0, 0.1) is 6.92 Å². The molecule has 0 spiro atoms. The molecule has 1 heterocycles. The quantitative estimate of drug-likeness (QED) is 0.898. The van der Waals surface area contributed by atoms with Crippen molar-refractivity contribution in [1.82, 2.24) is 9.97 Å². The molecule has 18 heavy (non-hydrogen) atoms. The lowest BCUT2D eigenvalue weighted by atomic mass is 10.0. The number of nitrogens with two attached hydrogens (primary N) is 1. The summed E-state index contributed by atoms with van der Waals surface area (Å²) in [6.45, 7) is 6.10. The number of aromatic nitrogens is 2. The molecule has 1 aromatic heterocycles. The molecule has 0 radical (unpaired) electrons. The summed E-state index contributed by atoms with van der Waals surface area (Å²) in [6.07, 6.45) is 0. The predicted molar refractivity (Wildman–Crippen MR) is 71.8 cm³/mol. The van der Waals surface area contributed by atoms with Crippen molar-refractivity contribution < 1.29 is 4.74 Å². The third kappa shape index (κ3) is 2.97. The molecule has 0 bridgehead atoms. The third-order valence-electron chi connectivity index (χ3n) is 2.60. The second-order valence-electron chi connectivity index (χ2n) is 4.50. The van der Waals surface area contributed by atoms with Gasteiger partial charge in [-0.2, -0.15) is 4.98 Å². The first-order valence-corrected chi connectivity index (χ1v) is 5.93. The molecule has 0 aliphatic rings. The van der Waals surface area contributed by atoms with Crippen LogP contribution in [-0.2, 0) is 0 Å². The fourth-order valence-corrected chi connectivity index (χ4v) is 1.66. The van der Waals surface area contributed by atoms with Gasteiger partial charge in [0.15, 0.2) is 0 Å². The first-order chi connectivity index (χ1) is 8.54. The molecular formula is C14H17N3O.